The Morgan fingerprint density at radius 1 is 1.53 bits per heavy atom. The van der Waals surface area contributed by atoms with Crippen LogP contribution < -0.4 is 5.73 Å². The highest BCUT2D eigenvalue weighted by molar-refractivity contribution is 6.28. The molecule has 2 aromatic heterocycles. The Hall–Kier alpha value is -1.48. The zero-order chi connectivity index (χ0) is 13.6. The molecule has 0 saturated carbocycles. The topological polar surface area (TPSA) is 119 Å². The molecule has 1 saturated heterocycles. The Morgan fingerprint density at radius 3 is 3.00 bits per heavy atom. The molecule has 0 bridgehead atoms. The van der Waals surface area contributed by atoms with Gasteiger partial charge in [-0.05, 0) is 11.6 Å². The molecule has 9 heteroatoms. The molecule has 0 radical (unpaired) electrons. The number of hydrogen-bond acceptors (Lipinski definition) is 7. The molecule has 3 atom stereocenters. The first-order chi connectivity index (χ1) is 9.10. The summed E-state index contributed by atoms with van der Waals surface area (Å²) in [6.07, 6.45) is 0.0169. The Balaban J connectivity index is 2.02. The largest absolute Gasteiger partial charge is 0.394 e. The van der Waals surface area contributed by atoms with E-state index in [4.69, 9.17) is 27.2 Å². The third-order valence-corrected chi connectivity index (χ3v) is 3.28. The molecule has 19 heavy (non-hydrogen) atoms. The van der Waals surface area contributed by atoms with E-state index >= 15 is 0 Å². The summed E-state index contributed by atoms with van der Waals surface area (Å²) >= 11 is 5.77. The molecule has 0 spiro atoms. The van der Waals surface area contributed by atoms with Crippen LogP contribution in [-0.2, 0) is 4.74 Å². The number of hydrogen-bond donors (Lipinski definition) is 3. The number of nitrogens with zero attached hydrogens (tertiary/aromatic N) is 4. The van der Waals surface area contributed by atoms with Gasteiger partial charge in [0.15, 0.2) is 11.5 Å². The zero-order valence-electron chi connectivity index (χ0n) is 9.77. The van der Waals surface area contributed by atoms with Crippen LogP contribution in [0.2, 0.25) is 5.28 Å². The minimum absolute atomic E-state index is 0.0176. The zero-order valence-corrected chi connectivity index (χ0v) is 10.5. The highest BCUT2D eigenvalue weighted by Crippen LogP contribution is 2.31. The van der Waals surface area contributed by atoms with Crippen LogP contribution in [0.4, 0.5) is 5.82 Å². The summed E-state index contributed by atoms with van der Waals surface area (Å²) in [5.74, 6) is 0.186. The molecule has 1 aliphatic heterocycles. The molecule has 1 unspecified atom stereocenters. The van der Waals surface area contributed by atoms with E-state index in [1.54, 1.807) is 4.57 Å². The van der Waals surface area contributed by atoms with Crippen molar-refractivity contribution in [2.24, 2.45) is 0 Å². The van der Waals surface area contributed by atoms with Crippen molar-refractivity contribution >= 4 is 28.6 Å². The predicted molar refractivity (Wildman–Crippen MR) is 66.4 cm³/mol. The van der Waals surface area contributed by atoms with Gasteiger partial charge in [0.2, 0.25) is 5.28 Å². The van der Waals surface area contributed by atoms with Crippen molar-refractivity contribution in [3.05, 3.63) is 11.6 Å². The summed E-state index contributed by atoms with van der Waals surface area (Å²) in [6.45, 7) is -0.248. The predicted octanol–water partition coefficient (Wildman–Crippen LogP) is -0.297. The molecule has 0 aliphatic carbocycles. The van der Waals surface area contributed by atoms with Crippen LogP contribution in [-0.4, -0.2) is 48.5 Å². The van der Waals surface area contributed by atoms with Gasteiger partial charge in [-0.1, -0.05) is 0 Å². The fraction of sp³-hybridized carbons (Fsp3) is 0.500. The number of rotatable bonds is 2. The van der Waals surface area contributed by atoms with Gasteiger partial charge in [-0.3, -0.25) is 4.57 Å². The Labute approximate surface area is 112 Å². The van der Waals surface area contributed by atoms with E-state index in [2.05, 4.69) is 15.0 Å². The number of ether oxygens (including phenoxy) is 1. The summed E-state index contributed by atoms with van der Waals surface area (Å²) in [5.41, 5.74) is 6.57. The van der Waals surface area contributed by atoms with Gasteiger partial charge in [0.05, 0.1) is 19.0 Å². The van der Waals surface area contributed by atoms with Gasteiger partial charge < -0.3 is 20.7 Å². The molecule has 0 amide bonds. The minimum Gasteiger partial charge on any atom is -0.394 e. The SMILES string of the molecule is Nc1nc(Cl)nc2c1ncn2[C@H]1C[C@H](O)C(CO)O1. The number of halogens is 1. The first kappa shape index (κ1) is 12.5. The lowest BCUT2D eigenvalue weighted by atomic mass is 10.2. The van der Waals surface area contributed by atoms with Crippen LogP contribution in [0.1, 0.15) is 12.6 Å². The number of nitrogen functional groups attached to an aromatic ring is 1. The van der Waals surface area contributed by atoms with E-state index in [0.717, 1.165) is 0 Å². The van der Waals surface area contributed by atoms with Crippen molar-refractivity contribution in [3.63, 3.8) is 0 Å². The van der Waals surface area contributed by atoms with E-state index in [1.807, 2.05) is 0 Å². The summed E-state index contributed by atoms with van der Waals surface area (Å²) in [5, 5.41) is 18.8. The number of aromatic nitrogens is 4. The molecule has 4 N–H and O–H groups in total. The van der Waals surface area contributed by atoms with Crippen molar-refractivity contribution < 1.29 is 14.9 Å². The monoisotopic (exact) mass is 285 g/mol. The molecule has 3 heterocycles. The van der Waals surface area contributed by atoms with Crippen LogP contribution in [0.25, 0.3) is 11.2 Å². The summed E-state index contributed by atoms with van der Waals surface area (Å²) < 4.78 is 7.16. The van der Waals surface area contributed by atoms with Crippen molar-refractivity contribution in [1.82, 2.24) is 19.5 Å². The number of aliphatic hydroxyl groups excluding tert-OH is 2. The van der Waals surface area contributed by atoms with Gasteiger partial charge in [0.25, 0.3) is 0 Å². The summed E-state index contributed by atoms with van der Waals surface area (Å²) in [6, 6.07) is 0. The Morgan fingerprint density at radius 2 is 2.32 bits per heavy atom. The van der Waals surface area contributed by atoms with Gasteiger partial charge in [0, 0.05) is 6.42 Å². The molecule has 3 rings (SSSR count). The molecule has 1 fully saturated rings. The number of imidazole rings is 1. The van der Waals surface area contributed by atoms with Gasteiger partial charge in [-0.25, -0.2) is 4.98 Å². The Bertz CT molecular complexity index is 618. The number of anilines is 1. The van der Waals surface area contributed by atoms with E-state index in [0.29, 0.717) is 17.6 Å². The van der Waals surface area contributed by atoms with Crippen LogP contribution >= 0.6 is 11.6 Å². The molecule has 2 aromatic rings. The van der Waals surface area contributed by atoms with Crippen molar-refractivity contribution in [3.8, 4) is 0 Å². The normalized spacial score (nSPS) is 27.2. The van der Waals surface area contributed by atoms with Crippen LogP contribution in [0, 0.1) is 0 Å². The average Bonchev–Trinajstić information content (AvgIpc) is 2.92. The van der Waals surface area contributed by atoms with Crippen LogP contribution in [0.5, 0.6) is 0 Å². The first-order valence-electron chi connectivity index (χ1n) is 5.70. The average molecular weight is 286 g/mol. The van der Waals surface area contributed by atoms with Gasteiger partial charge in [-0.15, -0.1) is 0 Å². The summed E-state index contributed by atoms with van der Waals surface area (Å²) in [7, 11) is 0. The highest BCUT2D eigenvalue weighted by atomic mass is 35.5. The van der Waals surface area contributed by atoms with E-state index < -0.39 is 18.4 Å². The lowest BCUT2D eigenvalue weighted by Gasteiger charge is -2.13. The lowest BCUT2D eigenvalue weighted by Crippen LogP contribution is -2.24. The maximum Gasteiger partial charge on any atom is 0.226 e. The smallest absolute Gasteiger partial charge is 0.226 e. The third-order valence-electron chi connectivity index (χ3n) is 3.12. The molecule has 8 nitrogen and oxygen atoms in total. The molecule has 102 valence electrons. The molecule has 0 aromatic carbocycles. The second-order valence-electron chi connectivity index (χ2n) is 4.32. The minimum atomic E-state index is -0.734. The van der Waals surface area contributed by atoms with E-state index in [-0.39, 0.29) is 17.7 Å². The van der Waals surface area contributed by atoms with Crippen molar-refractivity contribution in [2.45, 2.75) is 24.9 Å². The molecular weight excluding hydrogens is 274 g/mol. The van der Waals surface area contributed by atoms with Crippen molar-refractivity contribution in [1.29, 1.82) is 0 Å². The molecule has 1 aliphatic rings. The van der Waals surface area contributed by atoms with Gasteiger partial charge in [-0.2, -0.15) is 9.97 Å². The number of aliphatic hydroxyl groups is 2. The maximum absolute atomic E-state index is 9.74. The lowest BCUT2D eigenvalue weighted by molar-refractivity contribution is -0.0432. The fourth-order valence-electron chi connectivity index (χ4n) is 2.17. The van der Waals surface area contributed by atoms with Crippen LogP contribution in [0.3, 0.4) is 0 Å². The second-order valence-corrected chi connectivity index (χ2v) is 4.65. The quantitative estimate of drug-likeness (QED) is 0.648. The van der Waals surface area contributed by atoms with E-state index in [1.165, 1.54) is 6.33 Å². The van der Waals surface area contributed by atoms with Crippen molar-refractivity contribution in [2.75, 3.05) is 12.3 Å². The highest BCUT2D eigenvalue weighted by Gasteiger charge is 2.35. The van der Waals surface area contributed by atoms with Gasteiger partial charge >= 0.3 is 0 Å². The second kappa shape index (κ2) is 4.57. The fourth-order valence-corrected chi connectivity index (χ4v) is 2.34. The number of fused-ring (bicyclic) bond motifs is 1. The number of nitrogens with two attached hydrogens (primary N) is 1. The summed E-state index contributed by atoms with van der Waals surface area (Å²) in [4.78, 5) is 12.0. The standard InChI is InChI=1S/C10H12ClN5O3/c11-10-14-8(12)7-9(15-10)16(3-13-7)6-1-4(18)5(2-17)19-6/h3-6,17-18H,1-2H2,(H2,12,14,15)/t4-,5?,6+/m0/s1. The first-order valence-corrected chi connectivity index (χ1v) is 6.08. The maximum atomic E-state index is 9.74. The Kier molecular flexibility index (Phi) is 3.02. The third kappa shape index (κ3) is 2.02. The van der Waals surface area contributed by atoms with Gasteiger partial charge in [0.1, 0.15) is 17.8 Å². The van der Waals surface area contributed by atoms with Crippen LogP contribution in [0.15, 0.2) is 6.33 Å². The molecular formula is C10H12ClN5O3. The van der Waals surface area contributed by atoms with E-state index in [9.17, 15) is 5.11 Å².